The van der Waals surface area contributed by atoms with E-state index in [9.17, 15) is 0 Å². The monoisotopic (exact) mass is 736 g/mol. The Morgan fingerprint density at radius 3 is 0.786 bits per heavy atom. The predicted molar refractivity (Wildman–Crippen MR) is 245 cm³/mol. The fraction of sp³-hybridized carbons (Fsp3) is 0.259. The summed E-state index contributed by atoms with van der Waals surface area (Å²) in [5.41, 5.74) is 21.2. The van der Waals surface area contributed by atoms with Crippen LogP contribution in [0.4, 0.5) is 0 Å². The van der Waals surface area contributed by atoms with Crippen LogP contribution in [-0.4, -0.2) is 9.13 Å². The Balaban J connectivity index is 1.14. The highest BCUT2D eigenvalue weighted by Crippen LogP contribution is 2.33. The SMILES string of the molecule is C/C=C\c1c(CC)c(CC)c(/C=C\C)n1-c1ccc(Cc2ccc(-c3ccc(Cc4ccc(-n5c(/C=C\C)c(CC)c(CC)c5/C=C\C)cc4)cc3)cc2)cc1. The first-order chi connectivity index (χ1) is 27.4. The maximum atomic E-state index is 2.44. The maximum Gasteiger partial charge on any atom is 0.0493 e. The minimum atomic E-state index is 0.908. The minimum Gasteiger partial charge on any atom is -0.310 e. The highest BCUT2D eigenvalue weighted by molar-refractivity contribution is 5.69. The lowest BCUT2D eigenvalue weighted by Crippen LogP contribution is -2.01. The van der Waals surface area contributed by atoms with Crippen molar-refractivity contribution in [1.29, 1.82) is 0 Å². The summed E-state index contributed by atoms with van der Waals surface area (Å²) in [4.78, 5) is 0. The van der Waals surface area contributed by atoms with E-state index in [2.05, 4.69) is 210 Å². The van der Waals surface area contributed by atoms with Crippen molar-refractivity contribution < 1.29 is 0 Å². The number of benzene rings is 4. The Kier molecular flexibility index (Phi) is 13.5. The molecule has 0 aliphatic carbocycles. The van der Waals surface area contributed by atoms with Gasteiger partial charge in [-0.05, 0) is 170 Å². The zero-order valence-corrected chi connectivity index (χ0v) is 35.0. The quantitative estimate of drug-likeness (QED) is 0.0993. The molecular weight excluding hydrogens is 677 g/mol. The second-order valence-electron chi connectivity index (χ2n) is 14.6. The van der Waals surface area contributed by atoms with E-state index in [1.165, 1.54) is 89.8 Å². The van der Waals surface area contributed by atoms with Gasteiger partial charge in [-0.15, -0.1) is 0 Å². The molecule has 0 spiro atoms. The molecule has 2 aromatic heterocycles. The van der Waals surface area contributed by atoms with Crippen molar-refractivity contribution in [2.24, 2.45) is 0 Å². The van der Waals surface area contributed by atoms with E-state index in [1.807, 2.05) is 0 Å². The number of hydrogen-bond acceptors (Lipinski definition) is 0. The molecule has 0 N–H and O–H groups in total. The molecular formula is C54H60N2. The number of aromatic nitrogens is 2. The van der Waals surface area contributed by atoms with E-state index >= 15 is 0 Å². The van der Waals surface area contributed by atoms with Crippen LogP contribution in [0, 0.1) is 0 Å². The van der Waals surface area contributed by atoms with Crippen LogP contribution >= 0.6 is 0 Å². The van der Waals surface area contributed by atoms with Gasteiger partial charge in [-0.2, -0.15) is 0 Å². The average molecular weight is 737 g/mol. The summed E-state index contributed by atoms with van der Waals surface area (Å²) < 4.78 is 4.88. The molecule has 0 aliphatic rings. The first-order valence-electron chi connectivity index (χ1n) is 20.8. The zero-order valence-electron chi connectivity index (χ0n) is 35.0. The first-order valence-corrected chi connectivity index (χ1v) is 20.8. The smallest absolute Gasteiger partial charge is 0.0493 e. The summed E-state index contributed by atoms with van der Waals surface area (Å²) in [5, 5.41) is 0. The van der Waals surface area contributed by atoms with Crippen molar-refractivity contribution in [3.8, 4) is 22.5 Å². The molecule has 4 aromatic carbocycles. The molecule has 2 heteroatoms. The standard InChI is InChI=1S/C54H60N2/c1-9-17-51-47(13-5)48(14-6)52(18-10-2)55(51)45-33-25-41(26-34-45)37-39-21-29-43(30-22-39)44-31-23-40(24-32-44)38-42-27-35-46(36-28-42)56-53(19-11-3)49(15-7)50(16-8)54(56)20-12-4/h9-12,17-36H,13-16,37-38H2,1-8H3/b17-9-,18-10-,19-11-,20-12-. The lowest BCUT2D eigenvalue weighted by molar-refractivity contribution is 1.02. The Morgan fingerprint density at radius 2 is 0.571 bits per heavy atom. The van der Waals surface area contributed by atoms with Gasteiger partial charge >= 0.3 is 0 Å². The molecule has 2 heterocycles. The van der Waals surface area contributed by atoms with Crippen LogP contribution in [0.3, 0.4) is 0 Å². The first kappa shape index (κ1) is 40.1. The molecule has 0 saturated heterocycles. The molecule has 0 fully saturated rings. The van der Waals surface area contributed by atoms with E-state index in [0.717, 1.165) is 38.5 Å². The molecule has 0 radical (unpaired) electrons. The number of rotatable bonds is 15. The molecule has 6 aromatic rings. The molecule has 0 bridgehead atoms. The number of allylic oxidation sites excluding steroid dienone is 4. The summed E-state index contributed by atoms with van der Waals surface area (Å²) in [5.74, 6) is 0. The van der Waals surface area contributed by atoms with Gasteiger partial charge in [-0.3, -0.25) is 0 Å². The van der Waals surface area contributed by atoms with Gasteiger partial charge in [0.1, 0.15) is 0 Å². The van der Waals surface area contributed by atoms with Crippen LogP contribution in [-0.2, 0) is 38.5 Å². The van der Waals surface area contributed by atoms with Gasteiger partial charge in [0.05, 0.1) is 0 Å². The zero-order chi connectivity index (χ0) is 39.6. The Hall–Kier alpha value is -5.60. The van der Waals surface area contributed by atoms with Crippen molar-refractivity contribution in [2.75, 3.05) is 0 Å². The predicted octanol–water partition coefficient (Wildman–Crippen LogP) is 14.5. The third-order valence-corrected chi connectivity index (χ3v) is 11.1. The maximum absolute atomic E-state index is 2.44. The molecule has 56 heavy (non-hydrogen) atoms. The van der Waals surface area contributed by atoms with Gasteiger partial charge in [0.2, 0.25) is 0 Å². The fourth-order valence-corrected chi connectivity index (χ4v) is 8.51. The molecule has 0 unspecified atom stereocenters. The van der Waals surface area contributed by atoms with Gasteiger partial charge < -0.3 is 9.13 Å². The third kappa shape index (κ3) is 8.31. The second kappa shape index (κ2) is 18.8. The topological polar surface area (TPSA) is 9.86 Å². The van der Waals surface area contributed by atoms with Gasteiger partial charge in [0, 0.05) is 34.2 Å². The lowest BCUT2D eigenvalue weighted by Gasteiger charge is -2.13. The summed E-state index contributed by atoms with van der Waals surface area (Å²) in [6.07, 6.45) is 23.6. The van der Waals surface area contributed by atoms with Crippen LogP contribution in [0.15, 0.2) is 121 Å². The minimum absolute atomic E-state index is 0.908. The summed E-state index contributed by atoms with van der Waals surface area (Å²) in [6, 6.07) is 36.5. The Bertz CT molecular complexity index is 2090. The van der Waals surface area contributed by atoms with Crippen molar-refractivity contribution >= 4 is 24.3 Å². The Labute approximate surface area is 337 Å². The second-order valence-corrected chi connectivity index (χ2v) is 14.6. The van der Waals surface area contributed by atoms with Crippen molar-refractivity contribution in [1.82, 2.24) is 9.13 Å². The van der Waals surface area contributed by atoms with E-state index in [-0.39, 0.29) is 0 Å². The molecule has 0 aliphatic heterocycles. The summed E-state index contributed by atoms with van der Waals surface area (Å²) in [6.45, 7) is 17.5. The van der Waals surface area contributed by atoms with E-state index in [1.54, 1.807) is 0 Å². The molecule has 6 rings (SSSR count). The van der Waals surface area contributed by atoms with Gasteiger partial charge in [-0.1, -0.05) is 125 Å². The molecule has 2 nitrogen and oxygen atoms in total. The van der Waals surface area contributed by atoms with Crippen molar-refractivity contribution in [3.05, 3.63) is 189 Å². The van der Waals surface area contributed by atoms with E-state index in [4.69, 9.17) is 0 Å². The van der Waals surface area contributed by atoms with Crippen LogP contribution in [0.5, 0.6) is 0 Å². The fourth-order valence-electron chi connectivity index (χ4n) is 8.51. The van der Waals surface area contributed by atoms with Crippen LogP contribution in [0.2, 0.25) is 0 Å². The van der Waals surface area contributed by atoms with Crippen LogP contribution < -0.4 is 0 Å². The normalized spacial score (nSPS) is 12.1. The Morgan fingerprint density at radius 1 is 0.339 bits per heavy atom. The summed E-state index contributed by atoms with van der Waals surface area (Å²) in [7, 11) is 0. The largest absolute Gasteiger partial charge is 0.310 e. The van der Waals surface area contributed by atoms with Gasteiger partial charge in [-0.25, -0.2) is 0 Å². The van der Waals surface area contributed by atoms with Gasteiger partial charge in [0.25, 0.3) is 0 Å². The average Bonchev–Trinajstić information content (AvgIpc) is 3.69. The van der Waals surface area contributed by atoms with E-state index < -0.39 is 0 Å². The highest BCUT2D eigenvalue weighted by Gasteiger charge is 2.20. The number of nitrogens with zero attached hydrogens (tertiary/aromatic N) is 2. The van der Waals surface area contributed by atoms with Crippen LogP contribution in [0.1, 0.15) is 123 Å². The lowest BCUT2D eigenvalue weighted by atomic mass is 9.98. The number of hydrogen-bond donors (Lipinski definition) is 0. The van der Waals surface area contributed by atoms with Crippen molar-refractivity contribution in [3.63, 3.8) is 0 Å². The highest BCUT2D eigenvalue weighted by atomic mass is 15.0. The molecule has 0 atom stereocenters. The molecule has 286 valence electrons. The van der Waals surface area contributed by atoms with Gasteiger partial charge in [0.15, 0.2) is 0 Å². The molecule has 0 amide bonds. The summed E-state index contributed by atoms with van der Waals surface area (Å²) >= 11 is 0. The third-order valence-electron chi connectivity index (χ3n) is 11.1. The molecule has 0 saturated carbocycles. The van der Waals surface area contributed by atoms with E-state index in [0.29, 0.717) is 0 Å². The van der Waals surface area contributed by atoms with Crippen molar-refractivity contribution in [2.45, 2.75) is 93.9 Å². The van der Waals surface area contributed by atoms with Crippen LogP contribution in [0.25, 0.3) is 46.8 Å².